The number of nitrogens with one attached hydrogen (secondary N) is 1. The molecule has 5 heteroatoms. The van der Waals surface area contributed by atoms with Crippen molar-refractivity contribution in [2.24, 2.45) is 0 Å². The van der Waals surface area contributed by atoms with Crippen molar-refractivity contribution < 1.29 is 9.18 Å². The first-order valence-corrected chi connectivity index (χ1v) is 6.05. The van der Waals surface area contributed by atoms with Gasteiger partial charge in [0.05, 0.1) is 10.6 Å². The number of aryl methyl sites for hydroxylation is 2. The van der Waals surface area contributed by atoms with Crippen LogP contribution in [0.1, 0.15) is 21.6 Å². The van der Waals surface area contributed by atoms with E-state index in [9.17, 15) is 9.18 Å². The molecule has 0 fully saturated rings. The summed E-state index contributed by atoms with van der Waals surface area (Å²) in [4.78, 5) is 16.1. The summed E-state index contributed by atoms with van der Waals surface area (Å²) in [5, 5.41) is 2.94. The molecule has 0 spiro atoms. The zero-order chi connectivity index (χ0) is 14.0. The van der Waals surface area contributed by atoms with Crippen LogP contribution in [-0.2, 0) is 0 Å². The highest BCUT2D eigenvalue weighted by atomic mass is 35.5. The van der Waals surface area contributed by atoms with E-state index >= 15 is 0 Å². The summed E-state index contributed by atoms with van der Waals surface area (Å²) in [7, 11) is 0. The van der Waals surface area contributed by atoms with Crippen molar-refractivity contribution in [1.82, 2.24) is 4.98 Å². The van der Waals surface area contributed by atoms with Crippen LogP contribution in [0.4, 0.5) is 10.1 Å². The highest BCUT2D eigenvalue weighted by Crippen LogP contribution is 2.20. The van der Waals surface area contributed by atoms with E-state index in [4.69, 9.17) is 11.6 Å². The average Bonchev–Trinajstić information content (AvgIpc) is 2.33. The first-order valence-electron chi connectivity index (χ1n) is 5.67. The number of halogens is 2. The Morgan fingerprint density at radius 2 is 2.05 bits per heavy atom. The molecular weight excluding hydrogens is 267 g/mol. The summed E-state index contributed by atoms with van der Waals surface area (Å²) in [6.45, 7) is 3.56. The third kappa shape index (κ3) is 3.09. The zero-order valence-corrected chi connectivity index (χ0v) is 11.3. The molecule has 98 valence electrons. The lowest BCUT2D eigenvalue weighted by Gasteiger charge is -2.09. The van der Waals surface area contributed by atoms with Gasteiger partial charge in [-0.25, -0.2) is 4.39 Å². The summed E-state index contributed by atoms with van der Waals surface area (Å²) < 4.78 is 13.1. The lowest BCUT2D eigenvalue weighted by Crippen LogP contribution is -2.14. The Hall–Kier alpha value is -1.94. The molecule has 1 heterocycles. The van der Waals surface area contributed by atoms with Gasteiger partial charge in [-0.2, -0.15) is 0 Å². The van der Waals surface area contributed by atoms with Crippen molar-refractivity contribution in [3.8, 4) is 0 Å². The summed E-state index contributed by atoms with van der Waals surface area (Å²) in [6, 6.07) is 5.81. The van der Waals surface area contributed by atoms with E-state index in [1.165, 1.54) is 18.3 Å². The molecule has 1 amide bonds. The molecular formula is C14H12ClFN2O. The standard InChI is InChI=1S/C14H12ClFN2O/c1-8-3-4-10(16)6-13(8)18-14(19)11-7-17-9(2)5-12(11)15/h3-7H,1-2H3,(H,18,19). The lowest BCUT2D eigenvalue weighted by atomic mass is 10.2. The van der Waals surface area contributed by atoms with E-state index in [1.807, 2.05) is 0 Å². The molecule has 0 aliphatic heterocycles. The van der Waals surface area contributed by atoms with Crippen LogP contribution in [0.3, 0.4) is 0 Å². The van der Waals surface area contributed by atoms with E-state index < -0.39 is 11.7 Å². The molecule has 0 aliphatic rings. The van der Waals surface area contributed by atoms with Crippen LogP contribution < -0.4 is 5.32 Å². The maximum atomic E-state index is 13.1. The third-order valence-electron chi connectivity index (χ3n) is 2.68. The minimum Gasteiger partial charge on any atom is -0.322 e. The summed E-state index contributed by atoms with van der Waals surface area (Å²) >= 11 is 5.99. The number of aromatic nitrogens is 1. The molecule has 1 N–H and O–H groups in total. The molecule has 1 aromatic heterocycles. The van der Waals surface area contributed by atoms with Crippen molar-refractivity contribution in [3.05, 3.63) is 58.1 Å². The fourth-order valence-electron chi connectivity index (χ4n) is 1.61. The van der Waals surface area contributed by atoms with Crippen molar-refractivity contribution >= 4 is 23.2 Å². The summed E-state index contributed by atoms with van der Waals surface area (Å²) in [5.41, 5.74) is 2.17. The molecule has 19 heavy (non-hydrogen) atoms. The second-order valence-electron chi connectivity index (χ2n) is 4.22. The Labute approximate surface area is 115 Å². The molecule has 0 aliphatic carbocycles. The Morgan fingerprint density at radius 3 is 2.74 bits per heavy atom. The molecule has 1 aromatic carbocycles. The fraction of sp³-hybridized carbons (Fsp3) is 0.143. The minimum atomic E-state index is -0.411. The van der Waals surface area contributed by atoms with Gasteiger partial charge in [-0.15, -0.1) is 0 Å². The normalized spacial score (nSPS) is 10.3. The zero-order valence-electron chi connectivity index (χ0n) is 10.5. The van der Waals surface area contributed by atoms with Crippen LogP contribution in [-0.4, -0.2) is 10.9 Å². The van der Waals surface area contributed by atoms with Gasteiger partial charge >= 0.3 is 0 Å². The first kappa shape index (κ1) is 13.5. The van der Waals surface area contributed by atoms with Crippen molar-refractivity contribution in [2.45, 2.75) is 13.8 Å². The molecule has 0 radical (unpaired) electrons. The largest absolute Gasteiger partial charge is 0.322 e. The number of hydrogen-bond donors (Lipinski definition) is 1. The van der Waals surface area contributed by atoms with Crippen LogP contribution >= 0.6 is 11.6 Å². The number of hydrogen-bond acceptors (Lipinski definition) is 2. The second kappa shape index (κ2) is 5.36. The average molecular weight is 279 g/mol. The minimum absolute atomic E-state index is 0.260. The van der Waals surface area contributed by atoms with Crippen LogP contribution in [0.25, 0.3) is 0 Å². The van der Waals surface area contributed by atoms with E-state index in [0.717, 1.165) is 11.3 Å². The lowest BCUT2D eigenvalue weighted by molar-refractivity contribution is 0.102. The predicted molar refractivity (Wildman–Crippen MR) is 73.1 cm³/mol. The van der Waals surface area contributed by atoms with E-state index in [2.05, 4.69) is 10.3 Å². The van der Waals surface area contributed by atoms with Gasteiger partial charge in [0.15, 0.2) is 0 Å². The van der Waals surface area contributed by atoms with E-state index in [1.54, 1.807) is 26.0 Å². The number of pyridine rings is 1. The number of nitrogens with zero attached hydrogens (tertiary/aromatic N) is 1. The van der Waals surface area contributed by atoms with Gasteiger partial charge in [-0.05, 0) is 37.6 Å². The first-order chi connectivity index (χ1) is 8.97. The fourth-order valence-corrected chi connectivity index (χ4v) is 1.90. The summed E-state index contributed by atoms with van der Waals surface area (Å²) in [6.07, 6.45) is 1.40. The van der Waals surface area contributed by atoms with Crippen LogP contribution in [0.2, 0.25) is 5.02 Å². The van der Waals surface area contributed by atoms with Crippen molar-refractivity contribution in [3.63, 3.8) is 0 Å². The number of anilines is 1. The van der Waals surface area contributed by atoms with Crippen molar-refractivity contribution in [1.29, 1.82) is 0 Å². The number of carbonyl (C=O) groups is 1. The number of amides is 1. The number of carbonyl (C=O) groups excluding carboxylic acids is 1. The van der Waals surface area contributed by atoms with E-state index in [-0.39, 0.29) is 5.56 Å². The molecule has 3 nitrogen and oxygen atoms in total. The Balaban J connectivity index is 2.28. The topological polar surface area (TPSA) is 42.0 Å². The molecule has 2 aromatic rings. The highest BCUT2D eigenvalue weighted by Gasteiger charge is 2.12. The second-order valence-corrected chi connectivity index (χ2v) is 4.63. The van der Waals surface area contributed by atoms with Gasteiger partial charge in [0, 0.05) is 17.6 Å². The van der Waals surface area contributed by atoms with Crippen LogP contribution in [0.15, 0.2) is 30.5 Å². The smallest absolute Gasteiger partial charge is 0.258 e. The van der Waals surface area contributed by atoms with Gasteiger partial charge in [-0.3, -0.25) is 9.78 Å². The van der Waals surface area contributed by atoms with Gasteiger partial charge < -0.3 is 5.32 Å². The molecule has 0 atom stereocenters. The van der Waals surface area contributed by atoms with Gasteiger partial charge in [0.1, 0.15) is 5.82 Å². The quantitative estimate of drug-likeness (QED) is 0.909. The van der Waals surface area contributed by atoms with Crippen molar-refractivity contribution in [2.75, 3.05) is 5.32 Å². The molecule has 0 bridgehead atoms. The Kier molecular flexibility index (Phi) is 3.81. The Morgan fingerprint density at radius 1 is 1.32 bits per heavy atom. The number of rotatable bonds is 2. The van der Waals surface area contributed by atoms with E-state index in [0.29, 0.717) is 10.7 Å². The molecule has 2 rings (SSSR count). The number of benzene rings is 1. The maximum Gasteiger partial charge on any atom is 0.258 e. The molecule has 0 saturated carbocycles. The SMILES string of the molecule is Cc1cc(Cl)c(C(=O)Nc2cc(F)ccc2C)cn1. The van der Waals surface area contributed by atoms with Crippen LogP contribution in [0, 0.1) is 19.7 Å². The van der Waals surface area contributed by atoms with Gasteiger partial charge in [0.25, 0.3) is 5.91 Å². The molecule has 0 saturated heterocycles. The Bertz CT molecular complexity index is 643. The van der Waals surface area contributed by atoms with Gasteiger partial charge in [-0.1, -0.05) is 17.7 Å². The predicted octanol–water partition coefficient (Wildman–Crippen LogP) is 3.74. The van der Waals surface area contributed by atoms with Crippen LogP contribution in [0.5, 0.6) is 0 Å². The highest BCUT2D eigenvalue weighted by molar-refractivity contribution is 6.34. The summed E-state index contributed by atoms with van der Waals surface area (Å²) in [5.74, 6) is -0.819. The molecule has 0 unspecified atom stereocenters. The monoisotopic (exact) mass is 278 g/mol. The maximum absolute atomic E-state index is 13.1. The third-order valence-corrected chi connectivity index (χ3v) is 3.00. The van der Waals surface area contributed by atoms with Gasteiger partial charge in [0.2, 0.25) is 0 Å².